The normalized spacial score (nSPS) is 11.0. The van der Waals surface area contributed by atoms with Crippen LogP contribution in [0.3, 0.4) is 0 Å². The molecule has 0 saturated carbocycles. The van der Waals surface area contributed by atoms with Crippen LogP contribution < -0.4 is 0 Å². The molecule has 0 unspecified atom stereocenters. The summed E-state index contributed by atoms with van der Waals surface area (Å²) in [5, 5.41) is 0.503. The first kappa shape index (κ1) is 23.1. The van der Waals surface area contributed by atoms with E-state index in [0.717, 1.165) is 13.0 Å². The number of thiocarbonyl (C=S) groups is 1. The molecule has 150 valence electrons. The fourth-order valence-corrected chi connectivity index (χ4v) is 3.44. The molecular formula is C22H40N2OS. The van der Waals surface area contributed by atoms with Gasteiger partial charge in [0.25, 0.3) is 5.17 Å². The predicted octanol–water partition coefficient (Wildman–Crippen LogP) is 7.29. The van der Waals surface area contributed by atoms with Crippen molar-refractivity contribution in [2.45, 2.75) is 110 Å². The largest absolute Gasteiger partial charge is 0.470 e. The fraction of sp³-hybridized carbons (Fsp3) is 0.818. The standard InChI is InChI=1S/C22H40N2OS/c1-2-3-4-5-6-7-8-9-10-11-12-13-14-15-16-17-20-25-22(26)24-19-18-23-21-24/h18-19,21H,2-17,20H2,1H3. The third-order valence-electron chi connectivity index (χ3n) is 4.94. The van der Waals surface area contributed by atoms with Crippen LogP contribution in [0, 0.1) is 0 Å². The van der Waals surface area contributed by atoms with E-state index in [1.807, 2.05) is 6.20 Å². The molecular weight excluding hydrogens is 340 g/mol. The molecule has 0 N–H and O–H groups in total. The topological polar surface area (TPSA) is 27.1 Å². The van der Waals surface area contributed by atoms with Crippen LogP contribution in [-0.2, 0) is 4.74 Å². The van der Waals surface area contributed by atoms with E-state index < -0.39 is 0 Å². The molecule has 0 spiro atoms. The number of hydrogen-bond acceptors (Lipinski definition) is 3. The van der Waals surface area contributed by atoms with Crippen LogP contribution in [0.2, 0.25) is 0 Å². The minimum Gasteiger partial charge on any atom is -0.470 e. The highest BCUT2D eigenvalue weighted by molar-refractivity contribution is 7.80. The third-order valence-corrected chi connectivity index (χ3v) is 5.27. The number of imidazole rings is 1. The van der Waals surface area contributed by atoms with Crippen LogP contribution in [0.15, 0.2) is 18.7 Å². The molecule has 0 aromatic carbocycles. The first-order valence-electron chi connectivity index (χ1n) is 11.0. The quantitative estimate of drug-likeness (QED) is 0.210. The van der Waals surface area contributed by atoms with Crippen molar-refractivity contribution in [1.29, 1.82) is 0 Å². The number of aromatic nitrogens is 2. The molecule has 3 nitrogen and oxygen atoms in total. The van der Waals surface area contributed by atoms with E-state index in [-0.39, 0.29) is 0 Å². The van der Waals surface area contributed by atoms with Gasteiger partial charge in [0.2, 0.25) is 0 Å². The van der Waals surface area contributed by atoms with E-state index in [4.69, 9.17) is 17.0 Å². The van der Waals surface area contributed by atoms with Crippen molar-refractivity contribution in [1.82, 2.24) is 9.55 Å². The van der Waals surface area contributed by atoms with Crippen LogP contribution in [0.5, 0.6) is 0 Å². The minimum absolute atomic E-state index is 0.503. The van der Waals surface area contributed by atoms with E-state index in [2.05, 4.69) is 11.9 Å². The van der Waals surface area contributed by atoms with E-state index in [1.165, 1.54) is 96.3 Å². The number of nitrogens with zero attached hydrogens (tertiary/aromatic N) is 2. The Morgan fingerprint density at radius 3 is 1.65 bits per heavy atom. The Kier molecular flexibility index (Phi) is 15.6. The van der Waals surface area contributed by atoms with Crippen molar-refractivity contribution in [2.75, 3.05) is 6.61 Å². The van der Waals surface area contributed by atoms with Crippen molar-refractivity contribution in [3.63, 3.8) is 0 Å². The summed E-state index contributed by atoms with van der Waals surface area (Å²) >= 11 is 5.19. The van der Waals surface area contributed by atoms with Crippen LogP contribution >= 0.6 is 12.2 Å². The van der Waals surface area contributed by atoms with Crippen molar-refractivity contribution in [3.05, 3.63) is 18.7 Å². The van der Waals surface area contributed by atoms with Crippen LogP contribution in [0.25, 0.3) is 0 Å². The number of hydrogen-bond donors (Lipinski definition) is 0. The Morgan fingerprint density at radius 2 is 1.23 bits per heavy atom. The second-order valence-electron chi connectivity index (χ2n) is 7.39. The zero-order valence-electron chi connectivity index (χ0n) is 17.0. The highest BCUT2D eigenvalue weighted by Gasteiger charge is 1.99. The van der Waals surface area contributed by atoms with Crippen molar-refractivity contribution >= 4 is 17.4 Å². The minimum atomic E-state index is 0.503. The Balaban J connectivity index is 1.71. The SMILES string of the molecule is CCCCCCCCCCCCCCCCCCOC(=S)n1ccnc1. The molecule has 1 aromatic heterocycles. The number of rotatable bonds is 17. The Hall–Kier alpha value is -0.900. The van der Waals surface area contributed by atoms with Crippen molar-refractivity contribution in [2.24, 2.45) is 0 Å². The third kappa shape index (κ3) is 13.3. The lowest BCUT2D eigenvalue weighted by Crippen LogP contribution is -2.12. The van der Waals surface area contributed by atoms with Gasteiger partial charge in [-0.1, -0.05) is 103 Å². The fourth-order valence-electron chi connectivity index (χ4n) is 3.25. The van der Waals surface area contributed by atoms with Gasteiger partial charge in [-0.2, -0.15) is 0 Å². The lowest BCUT2D eigenvalue weighted by atomic mass is 10.0. The summed E-state index contributed by atoms with van der Waals surface area (Å²) in [5.41, 5.74) is 0. The van der Waals surface area contributed by atoms with Crippen LogP contribution in [0.1, 0.15) is 110 Å². The molecule has 1 heterocycles. The summed E-state index contributed by atoms with van der Waals surface area (Å²) in [7, 11) is 0. The van der Waals surface area contributed by atoms with Gasteiger partial charge in [-0.05, 0) is 18.6 Å². The molecule has 0 aliphatic heterocycles. The van der Waals surface area contributed by atoms with Gasteiger partial charge >= 0.3 is 0 Å². The monoisotopic (exact) mass is 380 g/mol. The highest BCUT2D eigenvalue weighted by atomic mass is 32.1. The van der Waals surface area contributed by atoms with Gasteiger partial charge < -0.3 is 4.74 Å². The van der Waals surface area contributed by atoms with E-state index in [1.54, 1.807) is 17.1 Å². The zero-order chi connectivity index (χ0) is 18.7. The van der Waals surface area contributed by atoms with E-state index in [9.17, 15) is 0 Å². The molecule has 0 atom stereocenters. The maximum atomic E-state index is 5.56. The zero-order valence-corrected chi connectivity index (χ0v) is 17.8. The molecule has 0 radical (unpaired) electrons. The molecule has 0 saturated heterocycles. The first-order chi connectivity index (χ1) is 12.8. The molecule has 0 fully saturated rings. The molecule has 0 aliphatic rings. The molecule has 1 aromatic rings. The second kappa shape index (κ2) is 17.5. The summed E-state index contributed by atoms with van der Waals surface area (Å²) < 4.78 is 7.30. The Bertz CT molecular complexity index is 420. The van der Waals surface area contributed by atoms with Crippen LogP contribution in [-0.4, -0.2) is 21.3 Å². The molecule has 0 aliphatic carbocycles. The van der Waals surface area contributed by atoms with Crippen molar-refractivity contribution < 1.29 is 4.74 Å². The molecule has 0 amide bonds. The lowest BCUT2D eigenvalue weighted by molar-refractivity contribution is 0.288. The average Bonchev–Trinajstić information content (AvgIpc) is 3.19. The van der Waals surface area contributed by atoms with Gasteiger partial charge in [0.1, 0.15) is 6.33 Å². The summed E-state index contributed by atoms with van der Waals surface area (Å²) in [4.78, 5) is 3.97. The van der Waals surface area contributed by atoms with Gasteiger partial charge in [-0.25, -0.2) is 4.98 Å². The molecule has 4 heteroatoms. The predicted molar refractivity (Wildman–Crippen MR) is 116 cm³/mol. The highest BCUT2D eigenvalue weighted by Crippen LogP contribution is 2.13. The maximum absolute atomic E-state index is 5.56. The summed E-state index contributed by atoms with van der Waals surface area (Å²) in [6, 6.07) is 0. The maximum Gasteiger partial charge on any atom is 0.268 e. The Morgan fingerprint density at radius 1 is 0.769 bits per heavy atom. The number of unbranched alkanes of at least 4 members (excludes halogenated alkanes) is 15. The lowest BCUT2D eigenvalue weighted by Gasteiger charge is -2.07. The molecule has 0 bridgehead atoms. The summed E-state index contributed by atoms with van der Waals surface area (Å²) in [6.07, 6.45) is 27.4. The molecule has 26 heavy (non-hydrogen) atoms. The van der Waals surface area contributed by atoms with Crippen LogP contribution in [0.4, 0.5) is 0 Å². The van der Waals surface area contributed by atoms with Gasteiger partial charge in [0.05, 0.1) is 6.61 Å². The van der Waals surface area contributed by atoms with Gasteiger partial charge in [0.15, 0.2) is 0 Å². The van der Waals surface area contributed by atoms with Gasteiger partial charge in [0, 0.05) is 12.4 Å². The van der Waals surface area contributed by atoms with Gasteiger partial charge in [-0.15, -0.1) is 0 Å². The second-order valence-corrected chi connectivity index (χ2v) is 7.74. The smallest absolute Gasteiger partial charge is 0.268 e. The Labute approximate surface area is 166 Å². The van der Waals surface area contributed by atoms with E-state index >= 15 is 0 Å². The first-order valence-corrected chi connectivity index (χ1v) is 11.4. The van der Waals surface area contributed by atoms with E-state index in [0.29, 0.717) is 5.17 Å². The number of ether oxygens (including phenoxy) is 1. The summed E-state index contributed by atoms with van der Waals surface area (Å²) in [6.45, 7) is 3.00. The van der Waals surface area contributed by atoms with Crippen molar-refractivity contribution in [3.8, 4) is 0 Å². The molecule has 1 rings (SSSR count). The van der Waals surface area contributed by atoms with Gasteiger partial charge in [-0.3, -0.25) is 4.57 Å². The average molecular weight is 381 g/mol. The summed E-state index contributed by atoms with van der Waals surface area (Å²) in [5.74, 6) is 0.